The molecular weight excluding hydrogens is 578 g/mol. The molecule has 0 N–H and O–H groups in total. The summed E-state index contributed by atoms with van der Waals surface area (Å²) in [6.07, 6.45) is 2.68. The smallest absolute Gasteiger partial charge is 0.248 e. The number of aromatic nitrogens is 4. The van der Waals surface area contributed by atoms with Crippen LogP contribution in [0, 0.1) is 19.8 Å². The number of sulfonamides is 1. The van der Waals surface area contributed by atoms with Crippen LogP contribution >= 0.6 is 0 Å². The van der Waals surface area contributed by atoms with Gasteiger partial charge in [-0.1, -0.05) is 36.4 Å². The maximum atomic E-state index is 13.9. The Balaban J connectivity index is 1.38. The fourth-order valence-corrected chi connectivity index (χ4v) is 7.71. The van der Waals surface area contributed by atoms with Crippen molar-refractivity contribution in [3.05, 3.63) is 76.5 Å². The average molecular weight is 618 g/mol. The number of hydrogen-bond donors (Lipinski definition) is 0. The third-order valence-electron chi connectivity index (χ3n) is 8.93. The van der Waals surface area contributed by atoms with Gasteiger partial charge in [-0.25, -0.2) is 18.1 Å². The summed E-state index contributed by atoms with van der Waals surface area (Å²) < 4.78 is 42.4. The highest BCUT2D eigenvalue weighted by Crippen LogP contribution is 2.37. The average Bonchev–Trinajstić information content (AvgIpc) is 3.38. The number of carbonyl (C=O) groups excluding carboxylic acids is 1. The molecule has 0 saturated carbocycles. The molecule has 2 aromatic carbocycles. The van der Waals surface area contributed by atoms with Gasteiger partial charge in [-0.05, 0) is 73.2 Å². The lowest BCUT2D eigenvalue weighted by molar-refractivity contribution is -0.124. The first-order valence-corrected chi connectivity index (χ1v) is 16.8. The summed E-state index contributed by atoms with van der Waals surface area (Å²) >= 11 is 0. The van der Waals surface area contributed by atoms with E-state index in [1.54, 1.807) is 18.3 Å². The van der Waals surface area contributed by atoms with Crippen molar-refractivity contribution in [2.45, 2.75) is 77.0 Å². The predicted molar refractivity (Wildman–Crippen MR) is 166 cm³/mol. The lowest BCUT2D eigenvalue weighted by atomic mass is 9.82. The first kappa shape index (κ1) is 30.4. The number of benzene rings is 2. The molecule has 0 spiro atoms. The van der Waals surface area contributed by atoms with Crippen LogP contribution in [-0.2, 0) is 32.6 Å². The highest BCUT2D eigenvalue weighted by Gasteiger charge is 2.35. The Morgan fingerprint density at radius 1 is 1.11 bits per heavy atom. The standard InChI is InChI=1S/C33H39N5O5S/c1-5-27-18-37(44(40,41)31-8-7-13-34-33(31)43-27)17-25-15-24(10-9-21(25)3)29(16-26(39)14-23-19-42-20-23)28-11-12-30-32(22(28)4)35-36-38(30)6-2/h7-13,15,23,27,29H,5-6,14,16-20H2,1-4H3/t27-,29+/m1/s1. The second kappa shape index (κ2) is 12.4. The van der Waals surface area contributed by atoms with Crippen LogP contribution in [0.2, 0.25) is 0 Å². The van der Waals surface area contributed by atoms with Gasteiger partial charge in [-0.2, -0.15) is 4.31 Å². The maximum absolute atomic E-state index is 13.9. The Morgan fingerprint density at radius 3 is 2.66 bits per heavy atom. The molecule has 11 heteroatoms. The van der Waals surface area contributed by atoms with E-state index in [9.17, 15) is 13.2 Å². The summed E-state index contributed by atoms with van der Waals surface area (Å²) in [6, 6.07) is 13.4. The van der Waals surface area contributed by atoms with Crippen molar-refractivity contribution in [3.63, 3.8) is 0 Å². The molecule has 2 aromatic heterocycles. The van der Waals surface area contributed by atoms with Crippen LogP contribution in [0.1, 0.15) is 66.8 Å². The predicted octanol–water partition coefficient (Wildman–Crippen LogP) is 4.95. The van der Waals surface area contributed by atoms with E-state index in [1.807, 2.05) is 44.5 Å². The van der Waals surface area contributed by atoms with Crippen LogP contribution in [0.3, 0.4) is 0 Å². The number of ketones is 1. The lowest BCUT2D eigenvalue weighted by Gasteiger charge is -2.27. The third-order valence-corrected chi connectivity index (χ3v) is 10.8. The SMILES string of the molecule is CC[C@@H]1CN(Cc2cc([C@H](CC(=O)CC3COC3)c3ccc4c(nnn4CC)c3C)ccc2C)S(=O)(=O)c2cccnc2O1. The minimum atomic E-state index is -3.86. The van der Waals surface area contributed by atoms with E-state index in [0.717, 1.165) is 38.9 Å². The highest BCUT2D eigenvalue weighted by molar-refractivity contribution is 7.89. The van der Waals surface area contributed by atoms with E-state index in [1.165, 1.54) is 4.31 Å². The molecule has 2 aliphatic heterocycles. The number of aryl methyl sites for hydroxylation is 3. The van der Waals surface area contributed by atoms with Crippen molar-refractivity contribution in [1.82, 2.24) is 24.3 Å². The fraction of sp³-hybridized carbons (Fsp3) is 0.455. The summed E-state index contributed by atoms with van der Waals surface area (Å²) in [7, 11) is -3.86. The van der Waals surface area contributed by atoms with Crippen molar-refractivity contribution in [3.8, 4) is 5.88 Å². The second-order valence-corrected chi connectivity index (χ2v) is 13.8. The van der Waals surface area contributed by atoms with Gasteiger partial charge in [0.2, 0.25) is 15.9 Å². The van der Waals surface area contributed by atoms with Crippen molar-refractivity contribution < 1.29 is 22.7 Å². The zero-order chi connectivity index (χ0) is 31.0. The molecule has 0 amide bonds. The molecule has 4 aromatic rings. The topological polar surface area (TPSA) is 117 Å². The summed E-state index contributed by atoms with van der Waals surface area (Å²) in [5.74, 6) is 0.374. The third kappa shape index (κ3) is 5.76. The minimum absolute atomic E-state index is 0.0808. The number of Topliss-reactive ketones (excluding diaryl/α,β-unsaturated/α-hetero) is 1. The molecule has 0 unspecified atom stereocenters. The minimum Gasteiger partial charge on any atom is -0.472 e. The molecule has 10 nitrogen and oxygen atoms in total. The zero-order valence-electron chi connectivity index (χ0n) is 25.7. The first-order valence-electron chi connectivity index (χ1n) is 15.3. The van der Waals surface area contributed by atoms with Gasteiger partial charge >= 0.3 is 0 Å². The molecule has 2 aliphatic rings. The number of carbonyl (C=O) groups is 1. The van der Waals surface area contributed by atoms with E-state index in [2.05, 4.69) is 33.5 Å². The normalized spacial score (nSPS) is 19.1. The van der Waals surface area contributed by atoms with Gasteiger partial charge < -0.3 is 9.47 Å². The number of ether oxygens (including phenoxy) is 2. The van der Waals surface area contributed by atoms with Gasteiger partial charge in [0.05, 0.1) is 25.3 Å². The van der Waals surface area contributed by atoms with E-state index < -0.39 is 10.0 Å². The first-order chi connectivity index (χ1) is 21.2. The van der Waals surface area contributed by atoms with E-state index in [-0.39, 0.29) is 47.6 Å². The lowest BCUT2D eigenvalue weighted by Crippen LogP contribution is -2.36. The van der Waals surface area contributed by atoms with Gasteiger partial charge in [-0.3, -0.25) is 4.79 Å². The summed E-state index contributed by atoms with van der Waals surface area (Å²) in [5.41, 5.74) is 6.63. The molecule has 0 radical (unpaired) electrons. The molecule has 0 aliphatic carbocycles. The van der Waals surface area contributed by atoms with Gasteiger partial charge in [-0.15, -0.1) is 5.10 Å². The Hall–Kier alpha value is -3.67. The Kier molecular flexibility index (Phi) is 8.54. The molecule has 6 rings (SSSR count). The van der Waals surface area contributed by atoms with E-state index in [4.69, 9.17) is 9.47 Å². The number of hydrogen-bond acceptors (Lipinski definition) is 8. The molecule has 0 bridgehead atoms. The van der Waals surface area contributed by atoms with Crippen LogP contribution in [0.5, 0.6) is 5.88 Å². The molecule has 1 saturated heterocycles. The summed E-state index contributed by atoms with van der Waals surface area (Å²) in [6.45, 7) is 10.4. The summed E-state index contributed by atoms with van der Waals surface area (Å²) in [5, 5.41) is 8.78. The van der Waals surface area contributed by atoms with Gasteiger partial charge in [0.1, 0.15) is 22.3 Å². The Morgan fingerprint density at radius 2 is 1.93 bits per heavy atom. The van der Waals surface area contributed by atoms with Gasteiger partial charge in [0, 0.05) is 44.0 Å². The van der Waals surface area contributed by atoms with Crippen LogP contribution in [0.25, 0.3) is 11.0 Å². The quantitative estimate of drug-likeness (QED) is 0.245. The van der Waals surface area contributed by atoms with Gasteiger partial charge in [0.25, 0.3) is 0 Å². The Bertz CT molecular complexity index is 1800. The molecule has 4 heterocycles. The van der Waals surface area contributed by atoms with Crippen molar-refractivity contribution >= 4 is 26.8 Å². The van der Waals surface area contributed by atoms with Crippen molar-refractivity contribution in [2.24, 2.45) is 5.92 Å². The number of nitrogens with zero attached hydrogens (tertiary/aromatic N) is 5. The van der Waals surface area contributed by atoms with Crippen LogP contribution < -0.4 is 4.74 Å². The van der Waals surface area contributed by atoms with Gasteiger partial charge in [0.15, 0.2) is 0 Å². The summed E-state index contributed by atoms with van der Waals surface area (Å²) in [4.78, 5) is 17.7. The highest BCUT2D eigenvalue weighted by atomic mass is 32.2. The molecular formula is C33H39N5O5S. The monoisotopic (exact) mass is 617 g/mol. The second-order valence-electron chi connectivity index (χ2n) is 11.9. The maximum Gasteiger partial charge on any atom is 0.248 e. The van der Waals surface area contributed by atoms with E-state index in [0.29, 0.717) is 39.0 Å². The largest absolute Gasteiger partial charge is 0.472 e. The van der Waals surface area contributed by atoms with Crippen molar-refractivity contribution in [1.29, 1.82) is 0 Å². The van der Waals surface area contributed by atoms with Crippen molar-refractivity contribution in [2.75, 3.05) is 19.8 Å². The number of fused-ring (bicyclic) bond motifs is 2. The number of pyridine rings is 1. The molecule has 232 valence electrons. The molecule has 1 fully saturated rings. The van der Waals surface area contributed by atoms with Crippen LogP contribution in [0.4, 0.5) is 0 Å². The zero-order valence-corrected chi connectivity index (χ0v) is 26.5. The van der Waals surface area contributed by atoms with E-state index >= 15 is 0 Å². The molecule has 2 atom stereocenters. The van der Waals surface area contributed by atoms with Crippen LogP contribution in [-0.4, -0.2) is 64.3 Å². The molecule has 44 heavy (non-hydrogen) atoms. The Labute approximate surface area is 258 Å². The number of rotatable bonds is 10. The van der Waals surface area contributed by atoms with Crippen LogP contribution in [0.15, 0.2) is 53.6 Å². The fourth-order valence-electron chi connectivity index (χ4n) is 6.19.